The molecule has 0 amide bonds. The first-order valence-corrected chi connectivity index (χ1v) is 11.4. The molecule has 0 atom stereocenters. The van der Waals surface area contributed by atoms with Crippen LogP contribution in [0.25, 0.3) is 43.6 Å². The molecule has 9 nitrogen and oxygen atoms in total. The molecule has 10 heteroatoms. The van der Waals surface area contributed by atoms with Gasteiger partial charge in [0.25, 0.3) is 0 Å². The maximum Gasteiger partial charge on any atom is 0.177 e. The van der Waals surface area contributed by atoms with Crippen LogP contribution in [-0.4, -0.2) is 35.6 Å². The molecular weight excluding hydrogens is 438 g/mol. The molecule has 5 aromatic rings. The van der Waals surface area contributed by atoms with Gasteiger partial charge in [-0.3, -0.25) is 4.68 Å². The normalized spacial score (nSPS) is 18.7. The number of aromatic nitrogens is 5. The average molecular weight is 458 g/mol. The van der Waals surface area contributed by atoms with Crippen molar-refractivity contribution in [1.29, 1.82) is 5.26 Å². The summed E-state index contributed by atoms with van der Waals surface area (Å²) in [5.74, 6) is 0.872. The van der Waals surface area contributed by atoms with Gasteiger partial charge in [-0.15, -0.1) is 5.10 Å². The van der Waals surface area contributed by atoms with Crippen molar-refractivity contribution < 1.29 is 9.52 Å². The van der Waals surface area contributed by atoms with Crippen LogP contribution in [0.5, 0.6) is 0 Å². The number of benzene rings is 1. The Balaban J connectivity index is 1.46. The molecule has 1 saturated carbocycles. The number of nitrogen functional groups attached to an aromatic ring is 1. The van der Waals surface area contributed by atoms with Crippen LogP contribution in [0.2, 0.25) is 0 Å². The van der Waals surface area contributed by atoms with Gasteiger partial charge < -0.3 is 15.3 Å². The second-order valence-electron chi connectivity index (χ2n) is 8.34. The summed E-state index contributed by atoms with van der Waals surface area (Å²) in [6.07, 6.45) is 8.76. The molecule has 1 aliphatic rings. The third-order valence-corrected chi connectivity index (χ3v) is 7.06. The van der Waals surface area contributed by atoms with Crippen molar-refractivity contribution in [3.63, 3.8) is 0 Å². The van der Waals surface area contributed by atoms with E-state index >= 15 is 0 Å². The summed E-state index contributed by atoms with van der Waals surface area (Å²) in [6, 6.07) is 7.86. The van der Waals surface area contributed by atoms with Gasteiger partial charge in [0.15, 0.2) is 11.4 Å². The Morgan fingerprint density at radius 3 is 2.82 bits per heavy atom. The molecular formula is C23H19N7O2S. The molecule has 1 aromatic carbocycles. The van der Waals surface area contributed by atoms with Gasteiger partial charge in [0, 0.05) is 34.5 Å². The van der Waals surface area contributed by atoms with Crippen LogP contribution in [0.3, 0.4) is 0 Å². The minimum Gasteiger partial charge on any atom is -0.452 e. The molecule has 1 fully saturated rings. The van der Waals surface area contributed by atoms with E-state index < -0.39 is 0 Å². The van der Waals surface area contributed by atoms with E-state index in [-0.39, 0.29) is 12.1 Å². The maximum absolute atomic E-state index is 9.80. The highest BCUT2D eigenvalue weighted by Crippen LogP contribution is 2.40. The average Bonchev–Trinajstić information content (AvgIpc) is 3.58. The van der Waals surface area contributed by atoms with Gasteiger partial charge >= 0.3 is 0 Å². The molecule has 0 bridgehead atoms. The molecule has 164 valence electrons. The number of anilines is 1. The summed E-state index contributed by atoms with van der Waals surface area (Å²) < 4.78 is 13.0. The lowest BCUT2D eigenvalue weighted by Crippen LogP contribution is -2.21. The summed E-state index contributed by atoms with van der Waals surface area (Å²) >= 11 is 1.25. The van der Waals surface area contributed by atoms with Crippen LogP contribution in [0, 0.1) is 11.3 Å². The van der Waals surface area contributed by atoms with Crippen LogP contribution in [-0.2, 0) is 0 Å². The molecule has 0 spiro atoms. The highest BCUT2D eigenvalue weighted by atomic mass is 32.1. The number of fused-ring (bicyclic) bond motifs is 2. The monoisotopic (exact) mass is 457 g/mol. The number of hydrogen-bond acceptors (Lipinski definition) is 9. The number of nitrogens with zero attached hydrogens (tertiary/aromatic N) is 6. The Hall–Kier alpha value is -3.81. The van der Waals surface area contributed by atoms with Crippen molar-refractivity contribution in [1.82, 2.24) is 24.4 Å². The lowest BCUT2D eigenvalue weighted by Gasteiger charge is -2.25. The first kappa shape index (κ1) is 19.8. The molecule has 0 aliphatic heterocycles. The Kier molecular flexibility index (Phi) is 4.60. The lowest BCUT2D eigenvalue weighted by molar-refractivity contribution is 0.108. The number of rotatable bonds is 3. The third kappa shape index (κ3) is 3.33. The molecule has 1 aliphatic carbocycles. The molecule has 4 aromatic heterocycles. The topological polar surface area (TPSA) is 140 Å². The maximum atomic E-state index is 9.80. The van der Waals surface area contributed by atoms with Crippen molar-refractivity contribution in [3.8, 4) is 28.5 Å². The molecule has 0 radical (unpaired) electrons. The van der Waals surface area contributed by atoms with Gasteiger partial charge in [-0.1, -0.05) is 4.49 Å². The van der Waals surface area contributed by atoms with Crippen molar-refractivity contribution in [3.05, 3.63) is 42.4 Å². The zero-order chi connectivity index (χ0) is 22.5. The van der Waals surface area contributed by atoms with E-state index in [2.05, 4.69) is 25.7 Å². The van der Waals surface area contributed by atoms with E-state index in [0.717, 1.165) is 52.5 Å². The van der Waals surface area contributed by atoms with Gasteiger partial charge in [-0.05, 0) is 55.4 Å². The predicted molar refractivity (Wildman–Crippen MR) is 124 cm³/mol. The zero-order valence-electron chi connectivity index (χ0n) is 17.5. The van der Waals surface area contributed by atoms with E-state index in [1.54, 1.807) is 18.3 Å². The van der Waals surface area contributed by atoms with Crippen LogP contribution < -0.4 is 5.73 Å². The number of pyridine rings is 1. The predicted octanol–water partition coefficient (Wildman–Crippen LogP) is 4.29. The smallest absolute Gasteiger partial charge is 0.177 e. The van der Waals surface area contributed by atoms with E-state index in [0.29, 0.717) is 28.2 Å². The fourth-order valence-corrected chi connectivity index (χ4v) is 5.20. The first-order valence-electron chi connectivity index (χ1n) is 10.7. The SMILES string of the molecule is N#Cc1cc(-c2cc3c(-c4cnn([C@H]5CC[C@H](O)CC5)c4)cnc(N)c3o2)c2snnc2c1. The van der Waals surface area contributed by atoms with Crippen molar-refractivity contribution in [2.24, 2.45) is 0 Å². The molecule has 0 unspecified atom stereocenters. The zero-order valence-corrected chi connectivity index (χ0v) is 18.3. The van der Waals surface area contributed by atoms with E-state index in [9.17, 15) is 10.4 Å². The quantitative estimate of drug-likeness (QED) is 0.409. The highest BCUT2D eigenvalue weighted by Gasteiger charge is 2.23. The highest BCUT2D eigenvalue weighted by molar-refractivity contribution is 7.13. The second kappa shape index (κ2) is 7.65. The molecule has 6 rings (SSSR count). The lowest BCUT2D eigenvalue weighted by atomic mass is 9.93. The van der Waals surface area contributed by atoms with Crippen LogP contribution in [0.15, 0.2) is 41.2 Å². The van der Waals surface area contributed by atoms with Gasteiger partial charge in [0.2, 0.25) is 0 Å². The fourth-order valence-electron chi connectivity index (χ4n) is 4.54. The molecule has 3 N–H and O–H groups in total. The number of aliphatic hydroxyl groups excluding tert-OH is 1. The van der Waals surface area contributed by atoms with E-state index in [1.165, 1.54) is 11.5 Å². The van der Waals surface area contributed by atoms with Gasteiger partial charge in [-0.2, -0.15) is 10.4 Å². The first-order chi connectivity index (χ1) is 16.1. The number of furan rings is 1. The Morgan fingerprint density at radius 2 is 2.00 bits per heavy atom. The summed E-state index contributed by atoms with van der Waals surface area (Å²) in [5.41, 5.74) is 10.3. The second-order valence-corrected chi connectivity index (χ2v) is 9.09. The fraction of sp³-hybridized carbons (Fsp3) is 0.261. The number of hydrogen-bond donors (Lipinski definition) is 2. The standard InChI is InChI=1S/C23H19N7O2S/c24-8-12-5-17(22-19(6-12)28-29-33-22)20-7-16-18(10-26-23(25)21(16)32-20)13-9-27-30(11-13)14-1-3-15(31)4-2-14/h5-7,9-11,14-15,31H,1-4H2,(H2,25,26)/t14-,15-. The molecule has 4 heterocycles. The summed E-state index contributed by atoms with van der Waals surface area (Å²) in [5, 5.41) is 28.7. The Bertz CT molecular complexity index is 1540. The summed E-state index contributed by atoms with van der Waals surface area (Å²) in [6.45, 7) is 0. The van der Waals surface area contributed by atoms with E-state index in [4.69, 9.17) is 10.2 Å². The number of aliphatic hydroxyl groups is 1. The largest absolute Gasteiger partial charge is 0.452 e. The van der Waals surface area contributed by atoms with Crippen molar-refractivity contribution in [2.75, 3.05) is 5.73 Å². The number of nitriles is 1. The summed E-state index contributed by atoms with van der Waals surface area (Å²) in [7, 11) is 0. The van der Waals surface area contributed by atoms with Gasteiger partial charge in [0.1, 0.15) is 11.3 Å². The van der Waals surface area contributed by atoms with Crippen LogP contribution in [0.4, 0.5) is 5.82 Å². The van der Waals surface area contributed by atoms with Crippen LogP contribution >= 0.6 is 11.5 Å². The minimum atomic E-state index is -0.207. The number of nitrogens with two attached hydrogens (primary N) is 1. The Morgan fingerprint density at radius 1 is 1.15 bits per heavy atom. The van der Waals surface area contributed by atoms with Crippen LogP contribution in [0.1, 0.15) is 37.3 Å². The van der Waals surface area contributed by atoms with Crippen molar-refractivity contribution >= 4 is 38.5 Å². The summed E-state index contributed by atoms with van der Waals surface area (Å²) in [4.78, 5) is 4.35. The molecule has 33 heavy (non-hydrogen) atoms. The Labute approximate surface area is 192 Å². The minimum absolute atomic E-state index is 0.207. The molecule has 0 saturated heterocycles. The van der Waals surface area contributed by atoms with Crippen molar-refractivity contribution in [2.45, 2.75) is 37.8 Å². The van der Waals surface area contributed by atoms with E-state index in [1.807, 2.05) is 23.1 Å². The van der Waals surface area contributed by atoms with Gasteiger partial charge in [-0.25, -0.2) is 4.98 Å². The third-order valence-electron chi connectivity index (χ3n) is 6.29. The van der Waals surface area contributed by atoms with Gasteiger partial charge in [0.05, 0.1) is 34.7 Å².